The van der Waals surface area contributed by atoms with Gasteiger partial charge in [-0.05, 0) is 42.4 Å². The molecule has 0 aliphatic carbocycles. The van der Waals surface area contributed by atoms with Crippen molar-refractivity contribution < 1.29 is 9.53 Å². The third-order valence-electron chi connectivity index (χ3n) is 4.24. The second-order valence-corrected chi connectivity index (χ2v) is 6.42. The first-order valence-electron chi connectivity index (χ1n) is 8.33. The maximum absolute atomic E-state index is 12.9. The van der Waals surface area contributed by atoms with E-state index in [0.717, 1.165) is 22.6 Å². The Kier molecular flexibility index (Phi) is 5.53. The molecule has 1 heterocycles. The molecule has 134 valence electrons. The Balaban J connectivity index is 1.86. The third-order valence-corrected chi connectivity index (χ3v) is 4.46. The number of methoxy groups -OCH3 is 1. The van der Waals surface area contributed by atoms with Crippen LogP contribution in [-0.4, -0.2) is 18.1 Å². The van der Waals surface area contributed by atoms with Crippen LogP contribution in [0.15, 0.2) is 65.9 Å². The Hall–Kier alpha value is -2.86. The molecule has 2 aromatic rings. The lowest BCUT2D eigenvalue weighted by Crippen LogP contribution is -2.46. The normalized spacial score (nSPS) is 16.5. The molecule has 0 unspecified atom stereocenters. The summed E-state index contributed by atoms with van der Waals surface area (Å²) >= 11 is 5.28. The van der Waals surface area contributed by atoms with E-state index in [1.54, 1.807) is 7.11 Å². The minimum Gasteiger partial charge on any atom is -0.497 e. The Morgan fingerprint density at radius 3 is 2.69 bits per heavy atom. The molecule has 3 N–H and O–H groups in total. The Labute approximate surface area is 158 Å². The zero-order valence-corrected chi connectivity index (χ0v) is 15.5. The van der Waals surface area contributed by atoms with Gasteiger partial charge in [0.15, 0.2) is 5.11 Å². The van der Waals surface area contributed by atoms with Gasteiger partial charge in [-0.25, -0.2) is 0 Å². The molecule has 0 spiro atoms. The van der Waals surface area contributed by atoms with Crippen LogP contribution in [0.5, 0.6) is 5.75 Å². The molecule has 2 aromatic carbocycles. The lowest BCUT2D eigenvalue weighted by Gasteiger charge is -2.30. The fraction of sp³-hybridized carbons (Fsp3) is 0.200. The van der Waals surface area contributed by atoms with E-state index in [2.05, 4.69) is 16.0 Å². The molecule has 0 radical (unpaired) electrons. The van der Waals surface area contributed by atoms with Crippen molar-refractivity contribution in [3.63, 3.8) is 0 Å². The van der Waals surface area contributed by atoms with Crippen molar-refractivity contribution in [2.75, 3.05) is 7.11 Å². The lowest BCUT2D eigenvalue weighted by atomic mass is 9.94. The van der Waals surface area contributed by atoms with Crippen LogP contribution in [0.2, 0.25) is 0 Å². The number of hydrogen-bond donors (Lipinski definition) is 3. The highest BCUT2D eigenvalue weighted by Crippen LogP contribution is 2.29. The van der Waals surface area contributed by atoms with E-state index in [1.165, 1.54) is 0 Å². The van der Waals surface area contributed by atoms with Crippen molar-refractivity contribution in [2.24, 2.45) is 0 Å². The van der Waals surface area contributed by atoms with Crippen LogP contribution in [0.1, 0.15) is 24.1 Å². The molecule has 0 saturated carbocycles. The Bertz CT molecular complexity index is 849. The van der Waals surface area contributed by atoms with Crippen molar-refractivity contribution in [1.82, 2.24) is 16.0 Å². The summed E-state index contributed by atoms with van der Waals surface area (Å²) in [6.07, 6.45) is 0. The van der Waals surface area contributed by atoms with Crippen LogP contribution < -0.4 is 20.7 Å². The highest BCUT2D eigenvalue weighted by molar-refractivity contribution is 7.80. The number of nitrogens with one attached hydrogen (secondary N) is 3. The van der Waals surface area contributed by atoms with Gasteiger partial charge in [0.05, 0.1) is 18.7 Å². The van der Waals surface area contributed by atoms with E-state index in [0.29, 0.717) is 17.2 Å². The van der Waals surface area contributed by atoms with Crippen molar-refractivity contribution in [2.45, 2.75) is 19.5 Å². The molecule has 0 saturated heterocycles. The second-order valence-electron chi connectivity index (χ2n) is 6.02. The van der Waals surface area contributed by atoms with Gasteiger partial charge < -0.3 is 20.7 Å². The van der Waals surface area contributed by atoms with Crippen LogP contribution in [0.3, 0.4) is 0 Å². The van der Waals surface area contributed by atoms with Crippen LogP contribution >= 0.6 is 12.2 Å². The van der Waals surface area contributed by atoms with Gasteiger partial charge in [-0.3, -0.25) is 4.79 Å². The predicted octanol–water partition coefficient (Wildman–Crippen LogP) is 2.80. The Morgan fingerprint density at radius 1 is 1.19 bits per heavy atom. The zero-order valence-electron chi connectivity index (χ0n) is 14.7. The third kappa shape index (κ3) is 4.03. The number of thiocarbonyl (C=S) groups is 1. The zero-order chi connectivity index (χ0) is 18.5. The number of carbonyl (C=O) groups excluding carboxylic acids is 1. The average molecular weight is 367 g/mol. The number of ether oxygens (including phenoxy) is 1. The van der Waals surface area contributed by atoms with E-state index < -0.39 is 0 Å². The predicted molar refractivity (Wildman–Crippen MR) is 106 cm³/mol. The summed E-state index contributed by atoms with van der Waals surface area (Å²) in [5, 5.41) is 9.72. The largest absolute Gasteiger partial charge is 0.497 e. The summed E-state index contributed by atoms with van der Waals surface area (Å²) in [5.74, 6) is 0.595. The van der Waals surface area contributed by atoms with Gasteiger partial charge in [0.2, 0.25) is 0 Å². The van der Waals surface area contributed by atoms with E-state index in [9.17, 15) is 4.79 Å². The molecular formula is C20H21N3O2S. The molecule has 1 amide bonds. The SMILES string of the molecule is COc1cccc([C@@H]2NC(=S)NC(C)=C2C(=O)NCc2ccccc2)c1. The van der Waals surface area contributed by atoms with Crippen LogP contribution in [0.4, 0.5) is 0 Å². The maximum atomic E-state index is 12.9. The van der Waals surface area contributed by atoms with Crippen LogP contribution in [0, 0.1) is 0 Å². The molecule has 1 atom stereocenters. The summed E-state index contributed by atoms with van der Waals surface area (Å²) in [5.41, 5.74) is 3.32. The summed E-state index contributed by atoms with van der Waals surface area (Å²) in [6, 6.07) is 17.1. The van der Waals surface area contributed by atoms with Crippen molar-refractivity contribution >= 4 is 23.2 Å². The highest BCUT2D eigenvalue weighted by Gasteiger charge is 2.29. The first-order valence-corrected chi connectivity index (χ1v) is 8.73. The molecule has 26 heavy (non-hydrogen) atoms. The van der Waals surface area contributed by atoms with E-state index >= 15 is 0 Å². The van der Waals surface area contributed by atoms with E-state index in [1.807, 2.05) is 61.5 Å². The van der Waals surface area contributed by atoms with Crippen LogP contribution in [0.25, 0.3) is 0 Å². The van der Waals surface area contributed by atoms with Crippen molar-refractivity contribution in [3.8, 4) is 5.75 Å². The molecular weight excluding hydrogens is 346 g/mol. The number of benzene rings is 2. The van der Waals surface area contributed by atoms with Crippen molar-refractivity contribution in [3.05, 3.63) is 77.0 Å². The van der Waals surface area contributed by atoms with E-state index in [4.69, 9.17) is 17.0 Å². The lowest BCUT2D eigenvalue weighted by molar-refractivity contribution is -0.118. The molecule has 6 heteroatoms. The van der Waals surface area contributed by atoms with Crippen molar-refractivity contribution in [1.29, 1.82) is 0 Å². The smallest absolute Gasteiger partial charge is 0.251 e. The molecule has 0 bridgehead atoms. The molecule has 0 aromatic heterocycles. The van der Waals surface area contributed by atoms with Gasteiger partial charge in [0.25, 0.3) is 5.91 Å². The summed E-state index contributed by atoms with van der Waals surface area (Å²) in [7, 11) is 1.62. The number of amides is 1. The van der Waals surface area contributed by atoms with E-state index in [-0.39, 0.29) is 11.9 Å². The molecule has 1 aliphatic heterocycles. The summed E-state index contributed by atoms with van der Waals surface area (Å²) in [4.78, 5) is 12.9. The molecule has 5 nitrogen and oxygen atoms in total. The van der Waals surface area contributed by atoms with Gasteiger partial charge in [-0.15, -0.1) is 0 Å². The summed E-state index contributed by atoms with van der Waals surface area (Å²) in [6.45, 7) is 2.32. The van der Waals surface area contributed by atoms with Gasteiger partial charge >= 0.3 is 0 Å². The van der Waals surface area contributed by atoms with Gasteiger partial charge in [0.1, 0.15) is 5.75 Å². The number of allylic oxidation sites excluding steroid dienone is 1. The molecule has 1 aliphatic rings. The standard InChI is InChI=1S/C20H21N3O2S/c1-13-17(19(24)21-12-14-7-4-3-5-8-14)18(23-20(26)22-13)15-9-6-10-16(11-15)25-2/h3-11,18H,12H2,1-2H3,(H,21,24)(H2,22,23,26)/t18-/m0/s1. The summed E-state index contributed by atoms with van der Waals surface area (Å²) < 4.78 is 5.31. The average Bonchev–Trinajstić information content (AvgIpc) is 2.66. The topological polar surface area (TPSA) is 62.4 Å². The van der Waals surface area contributed by atoms with Gasteiger partial charge in [0, 0.05) is 12.2 Å². The maximum Gasteiger partial charge on any atom is 0.251 e. The first kappa shape index (κ1) is 17.9. The van der Waals surface area contributed by atoms with Gasteiger partial charge in [-0.2, -0.15) is 0 Å². The number of carbonyl (C=O) groups is 1. The number of hydrogen-bond acceptors (Lipinski definition) is 3. The molecule has 0 fully saturated rings. The molecule has 3 rings (SSSR count). The highest BCUT2D eigenvalue weighted by atomic mass is 32.1. The minimum atomic E-state index is -0.338. The number of rotatable bonds is 5. The van der Waals surface area contributed by atoms with Crippen LogP contribution in [-0.2, 0) is 11.3 Å². The monoisotopic (exact) mass is 367 g/mol. The fourth-order valence-corrected chi connectivity index (χ4v) is 3.21. The van der Waals surface area contributed by atoms with Gasteiger partial charge in [-0.1, -0.05) is 42.5 Å². The minimum absolute atomic E-state index is 0.137. The quantitative estimate of drug-likeness (QED) is 0.710. The fourth-order valence-electron chi connectivity index (χ4n) is 2.94. The first-order chi connectivity index (χ1) is 12.6. The Morgan fingerprint density at radius 2 is 1.96 bits per heavy atom. The second kappa shape index (κ2) is 8.01.